The Morgan fingerprint density at radius 1 is 1.29 bits per heavy atom. The van der Waals surface area contributed by atoms with Gasteiger partial charge < -0.3 is 10.6 Å². The van der Waals surface area contributed by atoms with Crippen LogP contribution in [0.25, 0.3) is 0 Å². The van der Waals surface area contributed by atoms with Crippen molar-refractivity contribution in [3.05, 3.63) is 58.6 Å². The number of hydrogen-bond acceptors (Lipinski definition) is 3. The Morgan fingerprint density at radius 2 is 2.12 bits per heavy atom. The van der Waals surface area contributed by atoms with Gasteiger partial charge in [-0.2, -0.15) is 0 Å². The number of thioether (sulfide) groups is 1. The number of carbonyl (C=O) groups is 2. The Hall–Kier alpha value is -1.98. The smallest absolute Gasteiger partial charge is 0.251 e. The first kappa shape index (κ1) is 16.9. The first-order chi connectivity index (χ1) is 11.5. The first-order valence-electron chi connectivity index (χ1n) is 7.67. The number of benzene rings is 2. The molecule has 0 spiro atoms. The molecule has 4 nitrogen and oxygen atoms in total. The Balaban J connectivity index is 1.61. The number of fused-ring (bicyclic) bond motifs is 1. The van der Waals surface area contributed by atoms with Crippen molar-refractivity contribution in [2.45, 2.75) is 23.5 Å². The summed E-state index contributed by atoms with van der Waals surface area (Å²) in [5.41, 5.74) is 2.31. The summed E-state index contributed by atoms with van der Waals surface area (Å²) in [4.78, 5) is 25.0. The molecule has 3 rings (SSSR count). The Kier molecular flexibility index (Phi) is 5.11. The molecule has 1 unspecified atom stereocenters. The lowest BCUT2D eigenvalue weighted by molar-refractivity contribution is -0.115. The number of carbonyl (C=O) groups excluding carboxylic acids is 2. The van der Waals surface area contributed by atoms with Gasteiger partial charge in [0.05, 0.1) is 10.9 Å². The Labute approximate surface area is 150 Å². The zero-order chi connectivity index (χ0) is 17.1. The minimum atomic E-state index is -0.155. The predicted octanol–water partition coefficient (Wildman–Crippen LogP) is 3.75. The second-order valence-corrected chi connectivity index (χ2v) is 7.42. The van der Waals surface area contributed by atoms with E-state index in [1.165, 1.54) is 11.8 Å². The molecule has 0 bridgehead atoms. The van der Waals surface area contributed by atoms with Gasteiger partial charge in [0.1, 0.15) is 0 Å². The molecule has 1 aliphatic rings. The largest absolute Gasteiger partial charge is 0.352 e. The summed E-state index contributed by atoms with van der Waals surface area (Å²) in [6, 6.07) is 13.0. The van der Waals surface area contributed by atoms with Crippen molar-refractivity contribution in [3.8, 4) is 0 Å². The van der Waals surface area contributed by atoms with Crippen LogP contribution in [0.5, 0.6) is 0 Å². The van der Waals surface area contributed by atoms with Crippen LogP contribution in [-0.4, -0.2) is 23.6 Å². The summed E-state index contributed by atoms with van der Waals surface area (Å²) in [5.74, 6) is -0.191. The highest BCUT2D eigenvalue weighted by Crippen LogP contribution is 2.35. The van der Waals surface area contributed by atoms with Crippen molar-refractivity contribution in [1.29, 1.82) is 0 Å². The van der Waals surface area contributed by atoms with Crippen LogP contribution in [0.2, 0.25) is 5.02 Å². The van der Waals surface area contributed by atoms with Crippen molar-refractivity contribution in [2.75, 3.05) is 11.9 Å². The molecule has 24 heavy (non-hydrogen) atoms. The van der Waals surface area contributed by atoms with Crippen molar-refractivity contribution < 1.29 is 9.59 Å². The van der Waals surface area contributed by atoms with Crippen LogP contribution in [-0.2, 0) is 11.2 Å². The predicted molar refractivity (Wildman–Crippen MR) is 97.9 cm³/mol. The lowest BCUT2D eigenvalue weighted by Crippen LogP contribution is -2.28. The monoisotopic (exact) mass is 360 g/mol. The van der Waals surface area contributed by atoms with Gasteiger partial charge in [0.15, 0.2) is 0 Å². The summed E-state index contributed by atoms with van der Waals surface area (Å²) in [6.45, 7) is 2.38. The molecule has 2 aromatic rings. The van der Waals surface area contributed by atoms with Crippen LogP contribution in [0.15, 0.2) is 47.4 Å². The van der Waals surface area contributed by atoms with Gasteiger partial charge in [-0.05, 0) is 49.2 Å². The number of nitrogens with one attached hydrogen (secondary N) is 2. The molecule has 2 amide bonds. The van der Waals surface area contributed by atoms with Gasteiger partial charge >= 0.3 is 0 Å². The van der Waals surface area contributed by atoms with Gasteiger partial charge in [-0.25, -0.2) is 0 Å². The zero-order valence-corrected chi connectivity index (χ0v) is 14.7. The van der Waals surface area contributed by atoms with E-state index in [1.54, 1.807) is 12.1 Å². The number of amides is 2. The third kappa shape index (κ3) is 3.91. The molecule has 1 atom stereocenters. The van der Waals surface area contributed by atoms with Gasteiger partial charge in [0, 0.05) is 22.0 Å². The molecule has 0 radical (unpaired) electrons. The molecule has 1 aliphatic heterocycles. The van der Waals surface area contributed by atoms with Crippen LogP contribution < -0.4 is 10.6 Å². The van der Waals surface area contributed by atoms with Crippen LogP contribution >= 0.6 is 23.4 Å². The molecule has 2 N–H and O–H groups in total. The highest BCUT2D eigenvalue weighted by molar-refractivity contribution is 8.00. The molecule has 0 fully saturated rings. The molecule has 0 aliphatic carbocycles. The second-order valence-electron chi connectivity index (χ2n) is 5.60. The topological polar surface area (TPSA) is 58.2 Å². The third-order valence-electron chi connectivity index (χ3n) is 3.76. The van der Waals surface area contributed by atoms with E-state index in [-0.39, 0.29) is 17.1 Å². The fourth-order valence-electron chi connectivity index (χ4n) is 2.46. The standard InChI is InChI=1S/C18H17ClN2O2S/c1-11-17(22)21-15-10-13(5-6-16(15)24-11)18(23)20-8-7-12-3-2-4-14(19)9-12/h2-6,9-11H,7-8H2,1H3,(H,20,23)(H,21,22). The summed E-state index contributed by atoms with van der Waals surface area (Å²) >= 11 is 7.45. The van der Waals surface area contributed by atoms with Crippen molar-refractivity contribution in [2.24, 2.45) is 0 Å². The van der Waals surface area contributed by atoms with Crippen LogP contribution in [0.1, 0.15) is 22.8 Å². The van der Waals surface area contributed by atoms with Crippen molar-refractivity contribution >= 4 is 40.9 Å². The zero-order valence-electron chi connectivity index (χ0n) is 13.1. The molecule has 124 valence electrons. The fourth-order valence-corrected chi connectivity index (χ4v) is 3.61. The highest BCUT2D eigenvalue weighted by atomic mass is 35.5. The normalized spacial score (nSPS) is 16.2. The Bertz CT molecular complexity index is 794. The van der Waals surface area contributed by atoms with E-state index in [1.807, 2.05) is 37.3 Å². The molecular formula is C18H17ClN2O2S. The minimum absolute atomic E-state index is 0.0361. The second kappa shape index (κ2) is 7.28. The summed E-state index contributed by atoms with van der Waals surface area (Å²) in [6.07, 6.45) is 0.710. The Morgan fingerprint density at radius 3 is 2.92 bits per heavy atom. The average molecular weight is 361 g/mol. The molecule has 0 aromatic heterocycles. The molecule has 0 saturated heterocycles. The first-order valence-corrected chi connectivity index (χ1v) is 8.93. The van der Waals surface area contributed by atoms with Crippen LogP contribution in [0, 0.1) is 0 Å². The van der Waals surface area contributed by atoms with Crippen LogP contribution in [0.4, 0.5) is 5.69 Å². The van der Waals surface area contributed by atoms with E-state index >= 15 is 0 Å². The summed E-state index contributed by atoms with van der Waals surface area (Å²) in [5, 5.41) is 6.31. The molecule has 2 aromatic carbocycles. The lowest BCUT2D eigenvalue weighted by atomic mass is 10.1. The summed E-state index contributed by atoms with van der Waals surface area (Å²) in [7, 11) is 0. The van der Waals surface area contributed by atoms with E-state index in [0.717, 1.165) is 10.5 Å². The quantitative estimate of drug-likeness (QED) is 0.873. The lowest BCUT2D eigenvalue weighted by Gasteiger charge is -2.21. The SMILES string of the molecule is CC1Sc2ccc(C(=O)NCCc3cccc(Cl)c3)cc2NC1=O. The average Bonchev–Trinajstić information content (AvgIpc) is 2.55. The maximum Gasteiger partial charge on any atom is 0.251 e. The molecule has 6 heteroatoms. The van der Waals surface area contributed by atoms with E-state index in [9.17, 15) is 9.59 Å². The number of rotatable bonds is 4. The van der Waals surface area contributed by atoms with Gasteiger partial charge in [0.25, 0.3) is 5.91 Å². The van der Waals surface area contributed by atoms with Crippen LogP contribution in [0.3, 0.4) is 0 Å². The molecular weight excluding hydrogens is 344 g/mol. The van der Waals surface area contributed by atoms with E-state index in [0.29, 0.717) is 29.2 Å². The summed E-state index contributed by atoms with van der Waals surface area (Å²) < 4.78 is 0. The van der Waals surface area contributed by atoms with E-state index in [2.05, 4.69) is 10.6 Å². The maximum atomic E-state index is 12.3. The van der Waals surface area contributed by atoms with Crippen molar-refractivity contribution in [1.82, 2.24) is 5.32 Å². The van der Waals surface area contributed by atoms with Gasteiger partial charge in [-0.1, -0.05) is 23.7 Å². The molecule has 1 heterocycles. The van der Waals surface area contributed by atoms with Gasteiger partial charge in [0.2, 0.25) is 5.91 Å². The third-order valence-corrected chi connectivity index (χ3v) is 5.17. The number of hydrogen-bond donors (Lipinski definition) is 2. The number of anilines is 1. The van der Waals surface area contributed by atoms with Gasteiger partial charge in [-0.15, -0.1) is 11.8 Å². The fraction of sp³-hybridized carbons (Fsp3) is 0.222. The van der Waals surface area contributed by atoms with E-state index in [4.69, 9.17) is 11.6 Å². The number of halogens is 1. The van der Waals surface area contributed by atoms with Crippen molar-refractivity contribution in [3.63, 3.8) is 0 Å². The van der Waals surface area contributed by atoms with E-state index < -0.39 is 0 Å². The minimum Gasteiger partial charge on any atom is -0.352 e. The molecule has 0 saturated carbocycles. The highest BCUT2D eigenvalue weighted by Gasteiger charge is 2.23. The van der Waals surface area contributed by atoms with Gasteiger partial charge in [-0.3, -0.25) is 9.59 Å². The maximum absolute atomic E-state index is 12.3.